The smallest absolute Gasteiger partial charge is 0.317 e. The number of aryl methyl sites for hydroxylation is 1. The molecule has 0 aromatic heterocycles. The van der Waals surface area contributed by atoms with E-state index in [-0.39, 0.29) is 12.6 Å². The topological polar surface area (TPSA) is 49.8 Å². The molecule has 0 bridgehead atoms. The van der Waals surface area contributed by atoms with Crippen molar-refractivity contribution in [2.45, 2.75) is 32.4 Å². The zero-order valence-electron chi connectivity index (χ0n) is 11.3. The maximum atomic E-state index is 11.0. The Labute approximate surface area is 114 Å². The van der Waals surface area contributed by atoms with Crippen LogP contribution >= 0.6 is 0 Å². The fourth-order valence-electron chi connectivity index (χ4n) is 2.48. The number of nitrogens with zero attached hydrogens (tertiary/aromatic N) is 1. The van der Waals surface area contributed by atoms with Gasteiger partial charge in [-0.3, -0.25) is 9.69 Å². The van der Waals surface area contributed by atoms with Crippen molar-refractivity contribution in [2.24, 2.45) is 0 Å². The van der Waals surface area contributed by atoms with Crippen molar-refractivity contribution in [1.82, 2.24) is 4.90 Å². The van der Waals surface area contributed by atoms with Gasteiger partial charge in [0.1, 0.15) is 0 Å². The maximum absolute atomic E-state index is 11.0. The maximum Gasteiger partial charge on any atom is 0.317 e. The highest BCUT2D eigenvalue weighted by atomic mass is 16.5. The predicted molar refractivity (Wildman–Crippen MR) is 73.1 cm³/mol. The zero-order valence-corrected chi connectivity index (χ0v) is 11.3. The van der Waals surface area contributed by atoms with E-state index in [0.717, 1.165) is 19.4 Å². The number of hydrogen-bond donors (Lipinski definition) is 1. The van der Waals surface area contributed by atoms with Crippen LogP contribution in [-0.4, -0.2) is 41.8 Å². The first kappa shape index (κ1) is 14.0. The summed E-state index contributed by atoms with van der Waals surface area (Å²) < 4.78 is 5.60. The summed E-state index contributed by atoms with van der Waals surface area (Å²) in [7, 11) is 0. The lowest BCUT2D eigenvalue weighted by Gasteiger charge is -2.24. The van der Waals surface area contributed by atoms with Crippen LogP contribution in [0.15, 0.2) is 24.3 Å². The molecule has 1 unspecified atom stereocenters. The normalized spacial score (nSPS) is 18.9. The third-order valence-corrected chi connectivity index (χ3v) is 3.50. The molecule has 1 aliphatic heterocycles. The molecule has 0 spiro atoms. The SMILES string of the molecule is Cc1ccccc1CN(CC(=O)O)CC1CCCO1. The van der Waals surface area contributed by atoms with Gasteiger partial charge in [-0.05, 0) is 30.9 Å². The summed E-state index contributed by atoms with van der Waals surface area (Å²) >= 11 is 0. The lowest BCUT2D eigenvalue weighted by atomic mass is 10.1. The molecule has 1 aliphatic rings. The number of carboxylic acid groups (broad SMARTS) is 1. The summed E-state index contributed by atoms with van der Waals surface area (Å²) in [6.07, 6.45) is 2.29. The van der Waals surface area contributed by atoms with E-state index in [1.807, 2.05) is 17.0 Å². The van der Waals surface area contributed by atoms with Gasteiger partial charge in [-0.25, -0.2) is 0 Å². The van der Waals surface area contributed by atoms with E-state index in [9.17, 15) is 4.79 Å². The van der Waals surface area contributed by atoms with Gasteiger partial charge in [-0.1, -0.05) is 24.3 Å². The van der Waals surface area contributed by atoms with Gasteiger partial charge < -0.3 is 9.84 Å². The largest absolute Gasteiger partial charge is 0.480 e. The highest BCUT2D eigenvalue weighted by molar-refractivity contribution is 5.69. The second-order valence-corrected chi connectivity index (χ2v) is 5.12. The predicted octanol–water partition coefficient (Wildman–Crippen LogP) is 2.06. The van der Waals surface area contributed by atoms with Crippen LogP contribution in [0, 0.1) is 6.92 Å². The summed E-state index contributed by atoms with van der Waals surface area (Å²) in [6, 6.07) is 8.10. The Morgan fingerprint density at radius 1 is 1.47 bits per heavy atom. The van der Waals surface area contributed by atoms with Crippen LogP contribution in [0.2, 0.25) is 0 Å². The molecule has 0 saturated carbocycles. The summed E-state index contributed by atoms with van der Waals surface area (Å²) in [5, 5.41) is 9.02. The molecule has 1 atom stereocenters. The second-order valence-electron chi connectivity index (χ2n) is 5.12. The molecule has 104 valence electrons. The fraction of sp³-hybridized carbons (Fsp3) is 0.533. The Hall–Kier alpha value is -1.39. The Morgan fingerprint density at radius 3 is 2.89 bits per heavy atom. The van der Waals surface area contributed by atoms with Crippen molar-refractivity contribution in [1.29, 1.82) is 0 Å². The van der Waals surface area contributed by atoms with Gasteiger partial charge in [-0.15, -0.1) is 0 Å². The number of benzene rings is 1. The molecule has 19 heavy (non-hydrogen) atoms. The first-order chi connectivity index (χ1) is 9.15. The number of ether oxygens (including phenoxy) is 1. The number of rotatable bonds is 6. The molecule has 0 radical (unpaired) electrons. The van der Waals surface area contributed by atoms with Crippen molar-refractivity contribution in [3.63, 3.8) is 0 Å². The number of hydrogen-bond acceptors (Lipinski definition) is 3. The van der Waals surface area contributed by atoms with Crippen LogP contribution in [-0.2, 0) is 16.1 Å². The molecule has 1 aromatic rings. The summed E-state index contributed by atoms with van der Waals surface area (Å²) in [5.74, 6) is -0.786. The number of aliphatic carboxylic acids is 1. The van der Waals surface area contributed by atoms with Gasteiger partial charge in [0.25, 0.3) is 0 Å². The minimum atomic E-state index is -0.786. The molecule has 1 aromatic carbocycles. The minimum Gasteiger partial charge on any atom is -0.480 e. The monoisotopic (exact) mass is 263 g/mol. The van der Waals surface area contributed by atoms with Crippen LogP contribution in [0.5, 0.6) is 0 Å². The van der Waals surface area contributed by atoms with Crippen molar-refractivity contribution < 1.29 is 14.6 Å². The molecule has 1 fully saturated rings. The molecular weight excluding hydrogens is 242 g/mol. The van der Waals surface area contributed by atoms with E-state index in [2.05, 4.69) is 19.1 Å². The van der Waals surface area contributed by atoms with E-state index < -0.39 is 5.97 Å². The summed E-state index contributed by atoms with van der Waals surface area (Å²) in [5.41, 5.74) is 2.38. The van der Waals surface area contributed by atoms with E-state index in [1.165, 1.54) is 11.1 Å². The van der Waals surface area contributed by atoms with Crippen LogP contribution in [0.3, 0.4) is 0 Å². The molecule has 1 saturated heterocycles. The van der Waals surface area contributed by atoms with Crippen LogP contribution in [0.1, 0.15) is 24.0 Å². The van der Waals surface area contributed by atoms with Gasteiger partial charge >= 0.3 is 5.97 Å². The van der Waals surface area contributed by atoms with Gasteiger partial charge in [-0.2, -0.15) is 0 Å². The highest BCUT2D eigenvalue weighted by Crippen LogP contribution is 2.16. The van der Waals surface area contributed by atoms with Crippen molar-refractivity contribution in [3.8, 4) is 0 Å². The molecule has 4 nitrogen and oxygen atoms in total. The van der Waals surface area contributed by atoms with E-state index in [0.29, 0.717) is 13.1 Å². The Kier molecular flexibility index (Phi) is 4.93. The zero-order chi connectivity index (χ0) is 13.7. The molecule has 0 aliphatic carbocycles. The average Bonchev–Trinajstić information content (AvgIpc) is 2.84. The molecule has 4 heteroatoms. The Bertz CT molecular complexity index is 427. The molecule has 1 heterocycles. The highest BCUT2D eigenvalue weighted by Gasteiger charge is 2.21. The molecule has 0 amide bonds. The van der Waals surface area contributed by atoms with Gasteiger partial charge in [0, 0.05) is 19.7 Å². The third-order valence-electron chi connectivity index (χ3n) is 3.50. The third kappa shape index (κ3) is 4.33. The second kappa shape index (κ2) is 6.68. The lowest BCUT2D eigenvalue weighted by molar-refractivity contribution is -0.138. The number of carboxylic acids is 1. The minimum absolute atomic E-state index is 0.0637. The summed E-state index contributed by atoms with van der Waals surface area (Å²) in [6.45, 7) is 4.28. The van der Waals surface area contributed by atoms with Crippen LogP contribution in [0.25, 0.3) is 0 Å². The van der Waals surface area contributed by atoms with Crippen molar-refractivity contribution in [2.75, 3.05) is 19.7 Å². The van der Waals surface area contributed by atoms with Crippen molar-refractivity contribution >= 4 is 5.97 Å². The Balaban J connectivity index is 2.00. The first-order valence-electron chi connectivity index (χ1n) is 6.75. The average molecular weight is 263 g/mol. The van der Waals surface area contributed by atoms with Gasteiger partial charge in [0.2, 0.25) is 0 Å². The van der Waals surface area contributed by atoms with Crippen LogP contribution < -0.4 is 0 Å². The standard InChI is InChI=1S/C15H21NO3/c1-12-5-2-3-6-13(12)9-16(11-15(17)18)10-14-7-4-8-19-14/h2-3,5-6,14H,4,7-11H2,1H3,(H,17,18). The first-order valence-corrected chi connectivity index (χ1v) is 6.75. The van der Waals surface area contributed by atoms with E-state index >= 15 is 0 Å². The molecule has 2 rings (SSSR count). The van der Waals surface area contributed by atoms with Gasteiger partial charge in [0.15, 0.2) is 0 Å². The fourth-order valence-corrected chi connectivity index (χ4v) is 2.48. The van der Waals surface area contributed by atoms with Crippen molar-refractivity contribution in [3.05, 3.63) is 35.4 Å². The molecular formula is C15H21NO3. The van der Waals surface area contributed by atoms with E-state index in [4.69, 9.17) is 9.84 Å². The van der Waals surface area contributed by atoms with Crippen LogP contribution in [0.4, 0.5) is 0 Å². The van der Waals surface area contributed by atoms with Gasteiger partial charge in [0.05, 0.1) is 12.6 Å². The Morgan fingerprint density at radius 2 is 2.26 bits per heavy atom. The summed E-state index contributed by atoms with van der Waals surface area (Å²) in [4.78, 5) is 12.9. The molecule has 1 N–H and O–H groups in total. The lowest BCUT2D eigenvalue weighted by Crippen LogP contribution is -2.35. The van der Waals surface area contributed by atoms with E-state index in [1.54, 1.807) is 0 Å². The quantitative estimate of drug-likeness (QED) is 0.853. The number of carbonyl (C=O) groups is 1.